The van der Waals surface area contributed by atoms with Crippen molar-refractivity contribution < 1.29 is 14.3 Å². The number of rotatable bonds is 4. The molecule has 0 aromatic heterocycles. The summed E-state index contributed by atoms with van der Waals surface area (Å²) in [5.41, 5.74) is 3.57. The minimum Gasteiger partial charge on any atom is -0.465 e. The van der Waals surface area contributed by atoms with E-state index in [0.29, 0.717) is 16.8 Å². The normalized spacial score (nSPS) is 14.2. The Morgan fingerprint density at radius 1 is 1.00 bits per heavy atom. The van der Waals surface area contributed by atoms with Crippen molar-refractivity contribution in [2.24, 2.45) is 0 Å². The van der Waals surface area contributed by atoms with Gasteiger partial charge in [0.2, 0.25) is 0 Å². The third-order valence-corrected chi connectivity index (χ3v) is 5.25. The van der Waals surface area contributed by atoms with Crippen molar-refractivity contribution in [1.29, 1.82) is 0 Å². The number of aryl methyl sites for hydroxylation is 1. The van der Waals surface area contributed by atoms with Crippen LogP contribution in [0.1, 0.15) is 26.3 Å². The molecule has 0 atom stereocenters. The number of nitrogens with zero attached hydrogens (tertiary/aromatic N) is 2. The summed E-state index contributed by atoms with van der Waals surface area (Å²) in [6.07, 6.45) is 0. The topological polar surface area (TPSA) is 73.9 Å². The molecule has 1 amide bonds. The second kappa shape index (κ2) is 9.69. The summed E-state index contributed by atoms with van der Waals surface area (Å²) in [5.74, 6) is -0.727. The number of carbonyl (C=O) groups excluding carboxylic acids is 2. The molecule has 0 saturated carbocycles. The van der Waals surface area contributed by atoms with Crippen LogP contribution in [0.5, 0.6) is 0 Å². The average Bonchev–Trinajstić information content (AvgIpc) is 2.74. The minimum atomic E-state index is -0.433. The van der Waals surface area contributed by atoms with E-state index in [1.54, 1.807) is 24.3 Å². The Balaban J connectivity index is 1.79. The van der Waals surface area contributed by atoms with Gasteiger partial charge in [-0.1, -0.05) is 17.7 Å². The van der Waals surface area contributed by atoms with E-state index in [-0.39, 0.29) is 11.0 Å². The van der Waals surface area contributed by atoms with Gasteiger partial charge >= 0.3 is 5.97 Å². The number of nitrogens with one attached hydrogen (secondary N) is 2. The van der Waals surface area contributed by atoms with Gasteiger partial charge in [0.25, 0.3) is 5.91 Å². The molecule has 1 aliphatic rings. The molecule has 1 fully saturated rings. The maximum absolute atomic E-state index is 12.5. The predicted molar refractivity (Wildman–Crippen MR) is 122 cm³/mol. The first-order chi connectivity index (χ1) is 14.4. The molecule has 2 N–H and O–H groups in total. The highest BCUT2D eigenvalue weighted by atomic mass is 32.1. The highest BCUT2D eigenvalue weighted by molar-refractivity contribution is 7.80. The number of piperazine rings is 1. The number of hydrogen-bond donors (Lipinski definition) is 2. The van der Waals surface area contributed by atoms with Crippen LogP contribution in [0, 0.1) is 6.92 Å². The van der Waals surface area contributed by atoms with Crippen LogP contribution in [0.2, 0.25) is 0 Å². The van der Waals surface area contributed by atoms with Crippen molar-refractivity contribution in [1.82, 2.24) is 10.2 Å². The van der Waals surface area contributed by atoms with Gasteiger partial charge in [0.05, 0.1) is 24.0 Å². The molecular formula is C22H26N4O3S. The number of methoxy groups -OCH3 is 1. The summed E-state index contributed by atoms with van der Waals surface area (Å²) in [5, 5.41) is 5.95. The van der Waals surface area contributed by atoms with Gasteiger partial charge in [-0.25, -0.2) is 4.79 Å². The smallest absolute Gasteiger partial charge is 0.337 e. The monoisotopic (exact) mass is 426 g/mol. The van der Waals surface area contributed by atoms with Crippen LogP contribution in [0.3, 0.4) is 0 Å². The van der Waals surface area contributed by atoms with E-state index in [2.05, 4.69) is 27.5 Å². The molecule has 2 aromatic rings. The fourth-order valence-electron chi connectivity index (χ4n) is 3.24. The molecule has 1 saturated heterocycles. The molecule has 8 heteroatoms. The Morgan fingerprint density at radius 3 is 2.27 bits per heavy atom. The molecule has 0 radical (unpaired) electrons. The minimum absolute atomic E-state index is 0.165. The number of benzene rings is 2. The van der Waals surface area contributed by atoms with Crippen LogP contribution < -0.4 is 15.5 Å². The molecule has 3 rings (SSSR count). The van der Waals surface area contributed by atoms with E-state index in [1.165, 1.54) is 7.11 Å². The molecule has 1 aliphatic heterocycles. The lowest BCUT2D eigenvalue weighted by molar-refractivity contribution is 0.0600. The molecule has 0 unspecified atom stereocenters. The maximum atomic E-state index is 12.5. The molecule has 0 aliphatic carbocycles. The fourth-order valence-corrected chi connectivity index (χ4v) is 3.44. The second-order valence-electron chi connectivity index (χ2n) is 7.29. The van der Waals surface area contributed by atoms with Crippen molar-refractivity contribution in [3.63, 3.8) is 0 Å². The first-order valence-electron chi connectivity index (χ1n) is 9.72. The highest BCUT2D eigenvalue weighted by Gasteiger charge is 2.20. The second-order valence-corrected chi connectivity index (χ2v) is 7.70. The van der Waals surface area contributed by atoms with Crippen LogP contribution in [0.25, 0.3) is 0 Å². The zero-order valence-corrected chi connectivity index (χ0v) is 18.2. The number of amides is 1. The Morgan fingerprint density at radius 2 is 1.63 bits per heavy atom. The van der Waals surface area contributed by atoms with E-state index in [0.717, 1.165) is 37.4 Å². The van der Waals surface area contributed by atoms with Crippen molar-refractivity contribution >= 4 is 40.6 Å². The summed E-state index contributed by atoms with van der Waals surface area (Å²) in [4.78, 5) is 29.0. The van der Waals surface area contributed by atoms with Gasteiger partial charge in [0, 0.05) is 31.7 Å². The van der Waals surface area contributed by atoms with E-state index >= 15 is 0 Å². The fraction of sp³-hybridized carbons (Fsp3) is 0.318. The summed E-state index contributed by atoms with van der Waals surface area (Å²) < 4.78 is 4.84. The lowest BCUT2D eigenvalue weighted by atomic mass is 10.1. The Bertz CT molecular complexity index is 938. The quantitative estimate of drug-likeness (QED) is 0.575. The van der Waals surface area contributed by atoms with Crippen molar-refractivity contribution in [3.8, 4) is 0 Å². The number of hydrogen-bond acceptors (Lipinski definition) is 6. The van der Waals surface area contributed by atoms with Gasteiger partial charge in [0.15, 0.2) is 5.11 Å². The van der Waals surface area contributed by atoms with Gasteiger partial charge in [-0.3, -0.25) is 10.1 Å². The zero-order chi connectivity index (χ0) is 21.7. The Labute approximate surface area is 182 Å². The number of ether oxygens (including phenoxy) is 1. The zero-order valence-electron chi connectivity index (χ0n) is 17.4. The van der Waals surface area contributed by atoms with Crippen LogP contribution in [0.4, 0.5) is 11.4 Å². The van der Waals surface area contributed by atoms with E-state index in [4.69, 9.17) is 17.0 Å². The van der Waals surface area contributed by atoms with Crippen LogP contribution >= 0.6 is 12.2 Å². The number of carbonyl (C=O) groups is 2. The third kappa shape index (κ3) is 5.34. The SMILES string of the molecule is COC(=O)c1ccc(N2CCN(C)CC2)c(NC(=S)NC(=O)c2ccc(C)cc2)c1. The van der Waals surface area contributed by atoms with Crippen LogP contribution in [0.15, 0.2) is 42.5 Å². The Hall–Kier alpha value is -2.97. The van der Waals surface area contributed by atoms with Gasteiger partial charge in [-0.15, -0.1) is 0 Å². The van der Waals surface area contributed by atoms with E-state index in [9.17, 15) is 9.59 Å². The summed E-state index contributed by atoms with van der Waals surface area (Å²) in [6, 6.07) is 12.6. The van der Waals surface area contributed by atoms with Crippen molar-refractivity contribution in [2.45, 2.75) is 6.92 Å². The van der Waals surface area contributed by atoms with Crippen LogP contribution in [-0.2, 0) is 4.74 Å². The number of thiocarbonyl (C=S) groups is 1. The number of esters is 1. The van der Waals surface area contributed by atoms with Gasteiger partial charge in [0.1, 0.15) is 0 Å². The summed E-state index contributed by atoms with van der Waals surface area (Å²) in [6.45, 7) is 5.54. The number of likely N-dealkylation sites (N-methyl/N-ethyl adjacent to an activating group) is 1. The van der Waals surface area contributed by atoms with Crippen molar-refractivity contribution in [3.05, 3.63) is 59.2 Å². The van der Waals surface area contributed by atoms with E-state index < -0.39 is 5.97 Å². The molecule has 0 spiro atoms. The average molecular weight is 427 g/mol. The maximum Gasteiger partial charge on any atom is 0.337 e. The first-order valence-corrected chi connectivity index (χ1v) is 10.1. The lowest BCUT2D eigenvalue weighted by Crippen LogP contribution is -2.45. The standard InChI is InChI=1S/C22H26N4O3S/c1-15-4-6-16(7-5-15)20(27)24-22(30)23-18-14-17(21(28)29-3)8-9-19(18)26-12-10-25(2)11-13-26/h4-9,14H,10-13H2,1-3H3,(H2,23,24,27,30). The molecule has 0 bridgehead atoms. The lowest BCUT2D eigenvalue weighted by Gasteiger charge is -2.35. The third-order valence-electron chi connectivity index (χ3n) is 5.05. The van der Waals surface area contributed by atoms with E-state index in [1.807, 2.05) is 25.1 Å². The Kier molecular flexibility index (Phi) is 7.02. The predicted octanol–water partition coefficient (Wildman–Crippen LogP) is 2.66. The van der Waals surface area contributed by atoms with Gasteiger partial charge in [-0.2, -0.15) is 0 Å². The largest absolute Gasteiger partial charge is 0.465 e. The van der Waals surface area contributed by atoms with Crippen LogP contribution in [-0.4, -0.2) is 62.2 Å². The number of anilines is 2. The molecular weight excluding hydrogens is 400 g/mol. The van der Waals surface area contributed by atoms with Gasteiger partial charge in [-0.05, 0) is 56.5 Å². The molecule has 1 heterocycles. The molecule has 7 nitrogen and oxygen atoms in total. The van der Waals surface area contributed by atoms with Gasteiger partial charge < -0.3 is 19.9 Å². The summed E-state index contributed by atoms with van der Waals surface area (Å²) >= 11 is 5.37. The molecule has 2 aromatic carbocycles. The summed E-state index contributed by atoms with van der Waals surface area (Å²) in [7, 11) is 3.43. The molecule has 158 valence electrons. The first kappa shape index (κ1) is 21.7. The van der Waals surface area contributed by atoms with Crippen molar-refractivity contribution in [2.75, 3.05) is 50.6 Å². The highest BCUT2D eigenvalue weighted by Crippen LogP contribution is 2.28. The molecule has 30 heavy (non-hydrogen) atoms.